The van der Waals surface area contributed by atoms with Gasteiger partial charge in [0, 0.05) is 25.4 Å². The summed E-state index contributed by atoms with van der Waals surface area (Å²) in [5.41, 5.74) is 0.620. The topological polar surface area (TPSA) is 59.6 Å². The van der Waals surface area contributed by atoms with Crippen molar-refractivity contribution in [1.29, 1.82) is 0 Å². The summed E-state index contributed by atoms with van der Waals surface area (Å²) in [6.45, 7) is 0.846. The molecule has 2 N–H and O–H groups in total. The van der Waals surface area contributed by atoms with Gasteiger partial charge in [0.15, 0.2) is 0 Å². The molecule has 0 unspecified atom stereocenters. The maximum atomic E-state index is 12.0. The van der Waals surface area contributed by atoms with Gasteiger partial charge in [0.25, 0.3) is 0 Å². The first kappa shape index (κ1) is 18.6. The molecule has 0 aliphatic rings. The number of methoxy groups -OCH3 is 1. The van der Waals surface area contributed by atoms with E-state index >= 15 is 0 Å². The molecule has 1 amide bonds. The minimum atomic E-state index is -0.542. The van der Waals surface area contributed by atoms with Crippen LogP contribution in [-0.4, -0.2) is 46.0 Å². The summed E-state index contributed by atoms with van der Waals surface area (Å²) >= 11 is 0. The van der Waals surface area contributed by atoms with Crippen molar-refractivity contribution in [3.05, 3.63) is 24.3 Å². The summed E-state index contributed by atoms with van der Waals surface area (Å²) in [6.07, 6.45) is 0. The highest BCUT2D eigenvalue weighted by atomic mass is 35.5. The van der Waals surface area contributed by atoms with Crippen molar-refractivity contribution in [2.45, 2.75) is 0 Å². The van der Waals surface area contributed by atoms with Gasteiger partial charge in [0.2, 0.25) is 5.91 Å². The van der Waals surface area contributed by atoms with E-state index in [-0.39, 0.29) is 31.5 Å². The van der Waals surface area contributed by atoms with E-state index in [0.717, 1.165) is 0 Å². The van der Waals surface area contributed by atoms with Crippen LogP contribution in [0.15, 0.2) is 24.3 Å². The summed E-state index contributed by atoms with van der Waals surface area (Å²) < 4.78 is 22.0. The Balaban J connectivity index is 0.00000361. The van der Waals surface area contributed by atoms with Crippen molar-refractivity contribution in [2.24, 2.45) is 0 Å². The Kier molecular flexibility index (Phi) is 10.7. The van der Waals surface area contributed by atoms with Gasteiger partial charge >= 0.3 is 0 Å². The first-order chi connectivity index (χ1) is 9.26. The highest BCUT2D eigenvalue weighted by Crippen LogP contribution is 2.17. The van der Waals surface area contributed by atoms with Crippen molar-refractivity contribution < 1.29 is 18.7 Å². The summed E-state index contributed by atoms with van der Waals surface area (Å²) in [5.74, 6) is 0.376. The summed E-state index contributed by atoms with van der Waals surface area (Å²) in [4.78, 5) is 11.6. The number of carbonyl (C=O) groups is 1. The van der Waals surface area contributed by atoms with Crippen LogP contribution in [0.1, 0.15) is 0 Å². The average Bonchev–Trinajstić information content (AvgIpc) is 2.42. The van der Waals surface area contributed by atoms with Gasteiger partial charge in [-0.25, -0.2) is 4.39 Å². The molecule has 0 radical (unpaired) electrons. The zero-order chi connectivity index (χ0) is 13.9. The lowest BCUT2D eigenvalue weighted by molar-refractivity contribution is -0.115. The predicted octanol–water partition coefficient (Wildman–Crippen LogP) is 1.63. The third-order valence-corrected chi connectivity index (χ3v) is 2.23. The van der Waals surface area contributed by atoms with Gasteiger partial charge in [-0.1, -0.05) is 6.07 Å². The van der Waals surface area contributed by atoms with Crippen LogP contribution in [0.3, 0.4) is 0 Å². The number of hydrogen-bond donors (Lipinski definition) is 2. The Labute approximate surface area is 124 Å². The van der Waals surface area contributed by atoms with E-state index in [9.17, 15) is 9.18 Å². The number of rotatable bonds is 9. The van der Waals surface area contributed by atoms with Gasteiger partial charge in [0.1, 0.15) is 19.0 Å². The van der Waals surface area contributed by atoms with Crippen LogP contribution in [0.2, 0.25) is 0 Å². The number of carbonyl (C=O) groups excluding carboxylic acids is 1. The minimum absolute atomic E-state index is 0. The lowest BCUT2D eigenvalue weighted by Crippen LogP contribution is -2.30. The molecule has 0 aromatic heterocycles. The normalized spacial score (nSPS) is 9.70. The summed E-state index contributed by atoms with van der Waals surface area (Å²) in [7, 11) is 1.60. The first-order valence-corrected chi connectivity index (χ1v) is 6.04. The van der Waals surface area contributed by atoms with Gasteiger partial charge in [-0.2, -0.15) is 0 Å². The number of halogens is 2. The molecule has 0 fully saturated rings. The molecular weight excluding hydrogens is 287 g/mol. The second-order valence-corrected chi connectivity index (χ2v) is 3.78. The number of ether oxygens (including phenoxy) is 2. The Morgan fingerprint density at radius 3 is 2.85 bits per heavy atom. The molecule has 114 valence electrons. The number of anilines is 1. The fraction of sp³-hybridized carbons (Fsp3) is 0.462. The van der Waals surface area contributed by atoms with Crippen LogP contribution in [-0.2, 0) is 9.53 Å². The molecule has 0 aliphatic carbocycles. The third-order valence-electron chi connectivity index (χ3n) is 2.23. The SMILES string of the molecule is COCCNCC(=O)Nc1cccc(OCCF)c1.Cl. The highest BCUT2D eigenvalue weighted by molar-refractivity contribution is 5.92. The highest BCUT2D eigenvalue weighted by Gasteiger charge is 2.02. The Morgan fingerprint density at radius 1 is 1.35 bits per heavy atom. The number of hydrogen-bond acceptors (Lipinski definition) is 4. The van der Waals surface area contributed by atoms with Gasteiger partial charge in [0.05, 0.1) is 13.2 Å². The second kappa shape index (κ2) is 11.5. The number of benzene rings is 1. The molecule has 0 spiro atoms. The summed E-state index contributed by atoms with van der Waals surface area (Å²) in [6, 6.07) is 6.85. The zero-order valence-corrected chi connectivity index (χ0v) is 12.2. The van der Waals surface area contributed by atoms with Crippen molar-refractivity contribution in [3.8, 4) is 5.75 Å². The van der Waals surface area contributed by atoms with Crippen LogP contribution >= 0.6 is 12.4 Å². The standard InChI is InChI=1S/C13H19FN2O3.ClH/c1-18-8-6-15-10-13(17)16-11-3-2-4-12(9-11)19-7-5-14;/h2-4,9,15H,5-8,10H2,1H3,(H,16,17);1H. The van der Waals surface area contributed by atoms with Crippen LogP contribution in [0, 0.1) is 0 Å². The van der Waals surface area contributed by atoms with Gasteiger partial charge < -0.3 is 20.1 Å². The smallest absolute Gasteiger partial charge is 0.238 e. The number of amides is 1. The van der Waals surface area contributed by atoms with E-state index in [0.29, 0.717) is 24.6 Å². The predicted molar refractivity (Wildman–Crippen MR) is 78.5 cm³/mol. The van der Waals surface area contributed by atoms with Crippen molar-refractivity contribution in [3.63, 3.8) is 0 Å². The van der Waals surface area contributed by atoms with Crippen LogP contribution in [0.5, 0.6) is 5.75 Å². The molecule has 0 atom stereocenters. The van der Waals surface area contributed by atoms with E-state index in [2.05, 4.69) is 10.6 Å². The molecule has 0 saturated carbocycles. The number of alkyl halides is 1. The fourth-order valence-corrected chi connectivity index (χ4v) is 1.40. The second-order valence-electron chi connectivity index (χ2n) is 3.78. The number of nitrogens with one attached hydrogen (secondary N) is 2. The maximum absolute atomic E-state index is 12.0. The Bertz CT molecular complexity index is 394. The molecule has 0 aliphatic heterocycles. The van der Waals surface area contributed by atoms with E-state index < -0.39 is 6.67 Å². The average molecular weight is 307 g/mol. The zero-order valence-electron chi connectivity index (χ0n) is 11.4. The first-order valence-electron chi connectivity index (χ1n) is 6.04. The van der Waals surface area contributed by atoms with Gasteiger partial charge in [-0.3, -0.25) is 4.79 Å². The van der Waals surface area contributed by atoms with E-state index in [4.69, 9.17) is 9.47 Å². The Hall–Kier alpha value is -1.37. The third kappa shape index (κ3) is 7.93. The van der Waals surface area contributed by atoms with Crippen molar-refractivity contribution >= 4 is 24.0 Å². The van der Waals surface area contributed by atoms with E-state index in [1.165, 1.54) is 0 Å². The summed E-state index contributed by atoms with van der Waals surface area (Å²) in [5, 5.41) is 5.66. The molecule has 0 saturated heterocycles. The maximum Gasteiger partial charge on any atom is 0.238 e. The molecule has 1 rings (SSSR count). The fourth-order valence-electron chi connectivity index (χ4n) is 1.40. The molecule has 5 nitrogen and oxygen atoms in total. The molecule has 0 heterocycles. The molecule has 0 bridgehead atoms. The monoisotopic (exact) mass is 306 g/mol. The lowest BCUT2D eigenvalue weighted by atomic mass is 10.3. The van der Waals surface area contributed by atoms with E-state index in [1.807, 2.05) is 0 Å². The molecule has 7 heteroatoms. The van der Waals surface area contributed by atoms with E-state index in [1.54, 1.807) is 31.4 Å². The molecule has 1 aromatic carbocycles. The van der Waals surface area contributed by atoms with Gasteiger partial charge in [-0.05, 0) is 12.1 Å². The molecular formula is C13H20ClFN2O3. The van der Waals surface area contributed by atoms with Crippen LogP contribution in [0.4, 0.5) is 10.1 Å². The van der Waals surface area contributed by atoms with Crippen molar-refractivity contribution in [2.75, 3.05) is 45.4 Å². The quantitative estimate of drug-likeness (QED) is 0.681. The largest absolute Gasteiger partial charge is 0.491 e. The van der Waals surface area contributed by atoms with Crippen LogP contribution < -0.4 is 15.4 Å². The minimum Gasteiger partial charge on any atom is -0.491 e. The lowest BCUT2D eigenvalue weighted by Gasteiger charge is -2.08. The molecule has 1 aromatic rings. The van der Waals surface area contributed by atoms with Crippen LogP contribution in [0.25, 0.3) is 0 Å². The van der Waals surface area contributed by atoms with Crippen molar-refractivity contribution in [1.82, 2.24) is 5.32 Å². The van der Waals surface area contributed by atoms with Gasteiger partial charge in [-0.15, -0.1) is 12.4 Å². The Morgan fingerprint density at radius 2 is 2.15 bits per heavy atom. The molecule has 20 heavy (non-hydrogen) atoms.